The van der Waals surface area contributed by atoms with Crippen molar-refractivity contribution < 1.29 is 17.9 Å². The van der Waals surface area contributed by atoms with E-state index in [1.54, 1.807) is 31.2 Å². The number of ether oxygens (including phenoxy) is 1. The van der Waals surface area contributed by atoms with Gasteiger partial charge in [-0.15, -0.1) is 11.3 Å². The number of esters is 1. The van der Waals surface area contributed by atoms with Gasteiger partial charge >= 0.3 is 5.97 Å². The summed E-state index contributed by atoms with van der Waals surface area (Å²) < 4.78 is 31.9. The molecule has 0 spiro atoms. The van der Waals surface area contributed by atoms with Gasteiger partial charge in [-0.1, -0.05) is 11.6 Å². The molecule has 1 aromatic carbocycles. The van der Waals surface area contributed by atoms with Crippen LogP contribution in [0.3, 0.4) is 0 Å². The molecule has 0 saturated carbocycles. The molecular formula is C20H20ClNO4S2. The number of carbonyl (C=O) groups excluding carboxylic acids is 1. The van der Waals surface area contributed by atoms with Crippen LogP contribution in [0.25, 0.3) is 21.5 Å². The fourth-order valence-electron chi connectivity index (χ4n) is 3.84. The monoisotopic (exact) mass is 437 g/mol. The Morgan fingerprint density at radius 2 is 2.00 bits per heavy atom. The van der Waals surface area contributed by atoms with E-state index in [-0.39, 0.29) is 12.6 Å². The first kappa shape index (κ1) is 19.5. The van der Waals surface area contributed by atoms with Gasteiger partial charge in [-0.3, -0.25) is 0 Å². The van der Waals surface area contributed by atoms with Crippen LogP contribution in [-0.4, -0.2) is 31.2 Å². The second kappa shape index (κ2) is 7.21. The van der Waals surface area contributed by atoms with Crippen LogP contribution in [0.15, 0.2) is 24.3 Å². The number of rotatable bonds is 4. The van der Waals surface area contributed by atoms with Crippen molar-refractivity contribution >= 4 is 49.8 Å². The van der Waals surface area contributed by atoms with Crippen molar-refractivity contribution in [3.8, 4) is 10.6 Å². The lowest BCUT2D eigenvalue weighted by molar-refractivity contribution is 0.0526. The molecule has 3 aromatic rings. The van der Waals surface area contributed by atoms with E-state index < -0.39 is 10.0 Å². The Labute approximate surface area is 172 Å². The number of fused-ring (bicyclic) bond motifs is 2. The van der Waals surface area contributed by atoms with E-state index in [9.17, 15) is 13.2 Å². The smallest absolute Gasteiger partial charge is 0.339 e. The predicted octanol–water partition coefficient (Wildman–Crippen LogP) is 4.89. The number of thiophene rings is 1. The molecule has 0 N–H and O–H groups in total. The molecule has 0 unspecified atom stereocenters. The minimum Gasteiger partial charge on any atom is -0.462 e. The van der Waals surface area contributed by atoms with Crippen LogP contribution in [0.2, 0.25) is 5.02 Å². The highest BCUT2D eigenvalue weighted by molar-refractivity contribution is 7.89. The number of aryl methyl sites for hydroxylation is 1. The molecule has 0 fully saturated rings. The Balaban J connectivity index is 2.06. The van der Waals surface area contributed by atoms with Crippen LogP contribution in [0.5, 0.6) is 0 Å². The number of nitrogens with zero attached hydrogens (tertiary/aromatic N) is 1. The maximum Gasteiger partial charge on any atom is 0.339 e. The zero-order valence-electron chi connectivity index (χ0n) is 15.6. The summed E-state index contributed by atoms with van der Waals surface area (Å²) >= 11 is 7.62. The van der Waals surface area contributed by atoms with E-state index in [0.717, 1.165) is 36.1 Å². The SMILES string of the molecule is CCOC(=O)c1c(-c2cc3cc(Cl)ccc3n2S(C)(=O)=O)sc2c1CCCC2. The van der Waals surface area contributed by atoms with E-state index >= 15 is 0 Å². The van der Waals surface area contributed by atoms with Crippen molar-refractivity contribution in [1.29, 1.82) is 0 Å². The van der Waals surface area contributed by atoms with E-state index in [2.05, 4.69) is 0 Å². The summed E-state index contributed by atoms with van der Waals surface area (Å²) in [7, 11) is -3.61. The number of benzene rings is 1. The number of carbonyl (C=O) groups is 1. The topological polar surface area (TPSA) is 65.4 Å². The van der Waals surface area contributed by atoms with Crippen molar-refractivity contribution in [2.45, 2.75) is 32.6 Å². The molecule has 0 atom stereocenters. The fraction of sp³-hybridized carbons (Fsp3) is 0.350. The van der Waals surface area contributed by atoms with Gasteiger partial charge < -0.3 is 4.74 Å². The first-order valence-corrected chi connectivity index (χ1v) is 12.2. The van der Waals surface area contributed by atoms with Crippen molar-refractivity contribution in [3.63, 3.8) is 0 Å². The zero-order chi connectivity index (χ0) is 20.1. The van der Waals surface area contributed by atoms with Crippen molar-refractivity contribution in [3.05, 3.63) is 45.3 Å². The average Bonchev–Trinajstić information content (AvgIpc) is 3.19. The molecule has 1 aliphatic rings. The van der Waals surface area contributed by atoms with E-state index in [1.807, 2.05) is 0 Å². The van der Waals surface area contributed by atoms with Crippen molar-refractivity contribution in [2.24, 2.45) is 0 Å². The highest BCUT2D eigenvalue weighted by Gasteiger charge is 2.30. The predicted molar refractivity (Wildman–Crippen MR) is 113 cm³/mol. The number of halogens is 1. The first-order valence-electron chi connectivity index (χ1n) is 9.15. The van der Waals surface area contributed by atoms with Gasteiger partial charge in [0.15, 0.2) is 0 Å². The third-order valence-corrected chi connectivity index (χ3v) is 7.54. The molecule has 148 valence electrons. The Hall–Kier alpha value is -1.83. The highest BCUT2D eigenvalue weighted by atomic mass is 35.5. The van der Waals surface area contributed by atoms with Crippen molar-refractivity contribution in [1.82, 2.24) is 3.97 Å². The molecule has 0 bridgehead atoms. The Kier molecular flexibility index (Phi) is 5.02. The third kappa shape index (κ3) is 3.25. The summed E-state index contributed by atoms with van der Waals surface area (Å²) in [4.78, 5) is 14.6. The van der Waals surface area contributed by atoms with Gasteiger partial charge in [0.2, 0.25) is 10.0 Å². The minimum absolute atomic E-state index is 0.271. The molecule has 4 rings (SSSR count). The molecule has 8 heteroatoms. The molecule has 0 saturated heterocycles. The van der Waals surface area contributed by atoms with Crippen LogP contribution >= 0.6 is 22.9 Å². The Morgan fingerprint density at radius 1 is 1.25 bits per heavy atom. The van der Waals surface area contributed by atoms with Crippen LogP contribution in [0.1, 0.15) is 40.6 Å². The normalized spacial score (nSPS) is 14.2. The molecule has 0 amide bonds. The lowest BCUT2D eigenvalue weighted by atomic mass is 9.94. The summed E-state index contributed by atoms with van der Waals surface area (Å²) in [5.41, 5.74) is 2.55. The van der Waals surface area contributed by atoms with E-state index in [4.69, 9.17) is 16.3 Å². The quantitative estimate of drug-likeness (QED) is 0.545. The summed E-state index contributed by atoms with van der Waals surface area (Å²) in [6, 6.07) is 6.89. The highest BCUT2D eigenvalue weighted by Crippen LogP contribution is 2.43. The van der Waals surface area contributed by atoms with Crippen LogP contribution in [-0.2, 0) is 27.6 Å². The average molecular weight is 438 g/mol. The van der Waals surface area contributed by atoms with Gasteiger partial charge in [-0.05, 0) is 62.4 Å². The molecule has 0 radical (unpaired) electrons. The maximum atomic E-state index is 12.8. The van der Waals surface area contributed by atoms with Crippen molar-refractivity contribution in [2.75, 3.05) is 12.9 Å². The maximum absolute atomic E-state index is 12.8. The van der Waals surface area contributed by atoms with Crippen LogP contribution < -0.4 is 0 Å². The van der Waals surface area contributed by atoms with Gasteiger partial charge in [0, 0.05) is 15.3 Å². The van der Waals surface area contributed by atoms with E-state index in [1.165, 1.54) is 21.6 Å². The summed E-state index contributed by atoms with van der Waals surface area (Å²) in [6.07, 6.45) is 4.96. The second-order valence-electron chi connectivity index (χ2n) is 6.90. The number of hydrogen-bond acceptors (Lipinski definition) is 5. The largest absolute Gasteiger partial charge is 0.462 e. The van der Waals surface area contributed by atoms with Gasteiger partial charge in [0.1, 0.15) is 0 Å². The summed E-state index contributed by atoms with van der Waals surface area (Å²) in [6.45, 7) is 2.04. The summed E-state index contributed by atoms with van der Waals surface area (Å²) in [5.74, 6) is -0.389. The molecule has 2 heterocycles. The van der Waals surface area contributed by atoms with Crippen LogP contribution in [0.4, 0.5) is 0 Å². The van der Waals surface area contributed by atoms with Gasteiger partial charge in [0.25, 0.3) is 0 Å². The Bertz CT molecular complexity index is 1190. The minimum atomic E-state index is -3.61. The van der Waals surface area contributed by atoms with Gasteiger partial charge in [-0.25, -0.2) is 17.2 Å². The molecule has 28 heavy (non-hydrogen) atoms. The molecule has 1 aliphatic carbocycles. The lowest BCUT2D eigenvalue weighted by Crippen LogP contribution is -2.13. The summed E-state index contributed by atoms with van der Waals surface area (Å²) in [5, 5.41) is 1.25. The zero-order valence-corrected chi connectivity index (χ0v) is 18.0. The van der Waals surface area contributed by atoms with Gasteiger partial charge in [0.05, 0.1) is 34.5 Å². The number of hydrogen-bond donors (Lipinski definition) is 0. The third-order valence-electron chi connectivity index (χ3n) is 4.93. The standard InChI is InChI=1S/C20H20ClNO4S2/c1-3-26-20(23)18-14-6-4-5-7-17(14)27-19(18)16-11-12-10-13(21)8-9-15(12)22(16)28(2,24)25/h8-11H,3-7H2,1-2H3. The first-order chi connectivity index (χ1) is 13.3. The molecule has 2 aromatic heterocycles. The van der Waals surface area contributed by atoms with E-state index in [0.29, 0.717) is 32.1 Å². The number of aromatic nitrogens is 1. The second-order valence-corrected chi connectivity index (χ2v) is 10.3. The lowest BCUT2D eigenvalue weighted by Gasteiger charge is -2.13. The Morgan fingerprint density at radius 3 is 2.71 bits per heavy atom. The molecule has 5 nitrogen and oxygen atoms in total. The fourth-order valence-corrected chi connectivity index (χ4v) is 6.49. The molecular weight excluding hydrogens is 418 g/mol. The van der Waals surface area contributed by atoms with Gasteiger partial charge in [-0.2, -0.15) is 0 Å². The van der Waals surface area contributed by atoms with Crippen LogP contribution in [0, 0.1) is 0 Å². The molecule has 0 aliphatic heterocycles.